The van der Waals surface area contributed by atoms with Crippen LogP contribution < -0.4 is 10.6 Å². The Balaban J connectivity index is 1.88. The van der Waals surface area contributed by atoms with E-state index >= 15 is 0 Å². The van der Waals surface area contributed by atoms with Crippen molar-refractivity contribution >= 4 is 29.4 Å². The topological polar surface area (TPSA) is 76.7 Å². The van der Waals surface area contributed by atoms with Gasteiger partial charge in [0.1, 0.15) is 5.60 Å². The fourth-order valence-electron chi connectivity index (χ4n) is 3.48. The number of methoxy groups -OCH3 is 1. The smallest absolute Gasteiger partial charge is 0.407 e. The van der Waals surface area contributed by atoms with Gasteiger partial charge in [0.25, 0.3) is 0 Å². The molecule has 0 aliphatic heterocycles. The van der Waals surface area contributed by atoms with Crippen LogP contribution in [0, 0.1) is 5.92 Å². The highest BCUT2D eigenvalue weighted by atomic mass is 35.5. The number of amides is 1. The molecule has 1 amide bonds. The van der Waals surface area contributed by atoms with Crippen LogP contribution in [-0.2, 0) is 9.47 Å². The van der Waals surface area contributed by atoms with Crippen LogP contribution in [0.1, 0.15) is 63.7 Å². The predicted octanol–water partition coefficient (Wildman–Crippen LogP) is 5.01. The van der Waals surface area contributed by atoms with E-state index in [1.54, 1.807) is 18.2 Å². The number of ether oxygens (including phenoxy) is 2. The number of halogens is 1. The lowest BCUT2D eigenvalue weighted by atomic mass is 9.82. The van der Waals surface area contributed by atoms with E-state index in [1.165, 1.54) is 7.11 Å². The van der Waals surface area contributed by atoms with Gasteiger partial charge in [-0.05, 0) is 77.5 Å². The van der Waals surface area contributed by atoms with Gasteiger partial charge in [-0.3, -0.25) is 0 Å². The summed E-state index contributed by atoms with van der Waals surface area (Å²) in [4.78, 5) is 23.7. The van der Waals surface area contributed by atoms with Crippen LogP contribution in [0.4, 0.5) is 10.5 Å². The average molecular weight is 411 g/mol. The zero-order chi connectivity index (χ0) is 20.9. The third-order valence-corrected chi connectivity index (χ3v) is 5.30. The van der Waals surface area contributed by atoms with E-state index in [0.29, 0.717) is 16.5 Å². The molecule has 1 fully saturated rings. The zero-order valence-corrected chi connectivity index (χ0v) is 18.1. The van der Waals surface area contributed by atoms with Gasteiger partial charge < -0.3 is 20.1 Å². The summed E-state index contributed by atoms with van der Waals surface area (Å²) in [6, 6.07) is 5.40. The van der Waals surface area contributed by atoms with Crippen molar-refractivity contribution in [1.82, 2.24) is 5.32 Å². The molecule has 156 valence electrons. The van der Waals surface area contributed by atoms with E-state index in [0.717, 1.165) is 31.4 Å². The zero-order valence-electron chi connectivity index (χ0n) is 17.3. The normalized spacial score (nSPS) is 20.8. The first-order valence-corrected chi connectivity index (χ1v) is 10.1. The molecule has 2 N–H and O–H groups in total. The summed E-state index contributed by atoms with van der Waals surface area (Å²) >= 11 is 6.28. The Labute approximate surface area is 172 Å². The summed E-state index contributed by atoms with van der Waals surface area (Å²) in [6.45, 7) is 7.69. The van der Waals surface area contributed by atoms with Gasteiger partial charge in [0.05, 0.1) is 23.4 Å². The third-order valence-electron chi connectivity index (χ3n) is 4.97. The number of anilines is 1. The van der Waals surface area contributed by atoms with Gasteiger partial charge in [-0.2, -0.15) is 0 Å². The molecule has 0 saturated heterocycles. The number of nitrogens with one attached hydrogen (secondary N) is 2. The number of carbonyl (C=O) groups is 2. The number of hydrogen-bond donors (Lipinski definition) is 2. The second-order valence-electron chi connectivity index (χ2n) is 8.38. The first kappa shape index (κ1) is 22.3. The van der Waals surface area contributed by atoms with Crippen molar-refractivity contribution in [2.75, 3.05) is 12.4 Å². The number of rotatable bonds is 5. The van der Waals surface area contributed by atoms with Crippen molar-refractivity contribution in [2.24, 2.45) is 5.92 Å². The van der Waals surface area contributed by atoms with Crippen molar-refractivity contribution in [3.63, 3.8) is 0 Å². The van der Waals surface area contributed by atoms with Crippen LogP contribution in [0.2, 0.25) is 5.02 Å². The molecular weight excluding hydrogens is 380 g/mol. The Morgan fingerprint density at radius 2 is 1.82 bits per heavy atom. The molecule has 1 aliphatic rings. The molecule has 1 aliphatic carbocycles. The molecule has 0 aromatic heterocycles. The SMILES string of the molecule is COC(=O)c1ccc(Cl)c(N[C@@H](C)C2CCC(NC(=O)OC(C)(C)C)CC2)c1. The van der Waals surface area contributed by atoms with Gasteiger partial charge in [-0.15, -0.1) is 0 Å². The van der Waals surface area contributed by atoms with Crippen molar-refractivity contribution in [3.8, 4) is 0 Å². The third kappa shape index (κ3) is 6.59. The van der Waals surface area contributed by atoms with Crippen LogP contribution >= 0.6 is 11.6 Å². The van der Waals surface area contributed by atoms with Crippen molar-refractivity contribution in [2.45, 2.75) is 71.1 Å². The largest absolute Gasteiger partial charge is 0.465 e. The van der Waals surface area contributed by atoms with E-state index in [4.69, 9.17) is 21.1 Å². The van der Waals surface area contributed by atoms with E-state index in [9.17, 15) is 9.59 Å². The highest BCUT2D eigenvalue weighted by molar-refractivity contribution is 6.33. The lowest BCUT2D eigenvalue weighted by Crippen LogP contribution is -2.42. The molecule has 28 heavy (non-hydrogen) atoms. The molecule has 0 bridgehead atoms. The van der Waals surface area contributed by atoms with Crippen LogP contribution in [0.15, 0.2) is 18.2 Å². The molecule has 7 heteroatoms. The van der Waals surface area contributed by atoms with E-state index in [1.807, 2.05) is 20.8 Å². The number of hydrogen-bond acceptors (Lipinski definition) is 5. The summed E-state index contributed by atoms with van der Waals surface area (Å²) in [5.41, 5.74) is 0.704. The molecule has 0 spiro atoms. The van der Waals surface area contributed by atoms with E-state index < -0.39 is 5.60 Å². The maximum atomic E-state index is 11.9. The number of carbonyl (C=O) groups excluding carboxylic acids is 2. The predicted molar refractivity (Wildman–Crippen MR) is 111 cm³/mol. The van der Waals surface area contributed by atoms with Gasteiger partial charge in [0.2, 0.25) is 0 Å². The highest BCUT2D eigenvalue weighted by Gasteiger charge is 2.28. The standard InChI is InChI=1S/C21H31ClN2O4/c1-13(23-18-12-15(19(25)27-5)8-11-17(18)22)14-6-9-16(10-7-14)24-20(26)28-21(2,3)4/h8,11-14,16,23H,6-7,9-10H2,1-5H3,(H,24,26)/t13-,14?,16?/m0/s1. The minimum atomic E-state index is -0.488. The van der Waals surface area contributed by atoms with E-state index in [-0.39, 0.29) is 24.1 Å². The summed E-state index contributed by atoms with van der Waals surface area (Å²) in [7, 11) is 1.36. The average Bonchev–Trinajstić information content (AvgIpc) is 2.61. The van der Waals surface area contributed by atoms with Gasteiger partial charge in [-0.25, -0.2) is 9.59 Å². The molecular formula is C21H31ClN2O4. The molecule has 1 atom stereocenters. The van der Waals surface area contributed by atoms with Crippen molar-refractivity contribution in [3.05, 3.63) is 28.8 Å². The Hall–Kier alpha value is -1.95. The van der Waals surface area contributed by atoms with Gasteiger partial charge >= 0.3 is 12.1 Å². The second kappa shape index (κ2) is 9.50. The van der Waals surface area contributed by atoms with Crippen LogP contribution in [0.25, 0.3) is 0 Å². The maximum Gasteiger partial charge on any atom is 0.407 e. The first-order chi connectivity index (χ1) is 13.1. The second-order valence-corrected chi connectivity index (χ2v) is 8.78. The van der Waals surface area contributed by atoms with Gasteiger partial charge in [-0.1, -0.05) is 11.6 Å². The van der Waals surface area contributed by atoms with E-state index in [2.05, 4.69) is 17.6 Å². The minimum Gasteiger partial charge on any atom is -0.465 e. The van der Waals surface area contributed by atoms with Crippen molar-refractivity contribution in [1.29, 1.82) is 0 Å². The lowest BCUT2D eigenvalue weighted by molar-refractivity contribution is 0.0485. The molecule has 0 heterocycles. The molecule has 0 radical (unpaired) electrons. The molecule has 2 rings (SSSR count). The Bertz CT molecular complexity index is 694. The quantitative estimate of drug-likeness (QED) is 0.667. The monoisotopic (exact) mass is 410 g/mol. The Morgan fingerprint density at radius 3 is 2.39 bits per heavy atom. The highest BCUT2D eigenvalue weighted by Crippen LogP contribution is 2.31. The molecule has 1 saturated carbocycles. The Morgan fingerprint density at radius 1 is 1.18 bits per heavy atom. The molecule has 6 nitrogen and oxygen atoms in total. The summed E-state index contributed by atoms with van der Waals surface area (Å²) in [6.07, 6.45) is 3.44. The van der Waals surface area contributed by atoms with Crippen LogP contribution in [-0.4, -0.2) is 36.9 Å². The van der Waals surface area contributed by atoms with Crippen LogP contribution in [0.3, 0.4) is 0 Å². The van der Waals surface area contributed by atoms with Crippen molar-refractivity contribution < 1.29 is 19.1 Å². The number of benzene rings is 1. The number of alkyl carbamates (subject to hydrolysis) is 1. The minimum absolute atomic E-state index is 0.143. The summed E-state index contributed by atoms with van der Waals surface area (Å²) in [5, 5.41) is 6.97. The Kier molecular flexibility index (Phi) is 7.58. The lowest BCUT2D eigenvalue weighted by Gasteiger charge is -2.34. The fourth-order valence-corrected chi connectivity index (χ4v) is 3.65. The summed E-state index contributed by atoms with van der Waals surface area (Å²) in [5.74, 6) is 0.0654. The van der Waals surface area contributed by atoms with Crippen LogP contribution in [0.5, 0.6) is 0 Å². The number of esters is 1. The maximum absolute atomic E-state index is 11.9. The fraction of sp³-hybridized carbons (Fsp3) is 0.619. The molecule has 1 aromatic carbocycles. The van der Waals surface area contributed by atoms with Gasteiger partial charge in [0.15, 0.2) is 0 Å². The van der Waals surface area contributed by atoms with Gasteiger partial charge in [0, 0.05) is 12.1 Å². The first-order valence-electron chi connectivity index (χ1n) is 9.73. The summed E-state index contributed by atoms with van der Waals surface area (Å²) < 4.78 is 10.1. The molecule has 1 aromatic rings. The molecule has 0 unspecified atom stereocenters.